The Kier molecular flexibility index (Phi) is 25.6. The van der Waals surface area contributed by atoms with Gasteiger partial charge in [0.1, 0.15) is 0 Å². The molecule has 0 N–H and O–H groups in total. The molecule has 0 aliphatic heterocycles. The molecular weight excluding hydrogens is 278 g/mol. The van der Waals surface area contributed by atoms with Gasteiger partial charge in [0.25, 0.3) is 8.25 Å². The van der Waals surface area contributed by atoms with Gasteiger partial charge >= 0.3 is 48.6 Å². The van der Waals surface area contributed by atoms with E-state index in [0.29, 0.717) is 0 Å². The summed E-state index contributed by atoms with van der Waals surface area (Å²) >= 11 is 0. The van der Waals surface area contributed by atoms with E-state index in [0.717, 1.165) is 0 Å². The van der Waals surface area contributed by atoms with Crippen molar-refractivity contribution in [1.29, 1.82) is 0 Å². The molecule has 0 saturated heterocycles. The van der Waals surface area contributed by atoms with E-state index in [1.165, 1.54) is 0 Å². The third kappa shape index (κ3) is 45.1. The largest absolute Gasteiger partial charge is 4.00 e. The molecule has 34 valence electrons. The average molecular weight is 278 g/mol. The maximum Gasteiger partial charge on any atom is 4.00 e. The molecule has 0 saturated carbocycles. The van der Waals surface area contributed by atoms with Gasteiger partial charge in [-0.3, -0.25) is 0 Å². The number of rotatable bonds is 0. The summed E-state index contributed by atoms with van der Waals surface area (Å²) in [7, 11) is -3.37. The Morgan fingerprint density at radius 1 is 1.33 bits per heavy atom. The van der Waals surface area contributed by atoms with Crippen LogP contribution in [-0.2, 0) is 53.1 Å². The van der Waals surface area contributed by atoms with Crippen molar-refractivity contribution in [1.82, 2.24) is 0 Å². The third-order valence-electron chi connectivity index (χ3n) is 0. The second kappa shape index (κ2) is 9.81. The van der Waals surface area contributed by atoms with Crippen LogP contribution >= 0.6 is 8.25 Å². The molecule has 3 nitrogen and oxygen atoms in total. The normalized spacial score (nSPS) is 4.33. The van der Waals surface area contributed by atoms with Gasteiger partial charge in [0.2, 0.25) is 0 Å². The van der Waals surface area contributed by atoms with Gasteiger partial charge in [-0.05, 0) is 0 Å². The summed E-state index contributed by atoms with van der Waals surface area (Å²) in [5.74, 6) is 0. The van der Waals surface area contributed by atoms with Crippen LogP contribution in [0.1, 0.15) is 0 Å². The van der Waals surface area contributed by atoms with Crippen LogP contribution in [0.2, 0.25) is 0 Å². The van der Waals surface area contributed by atoms with Gasteiger partial charge in [0.15, 0.2) is 0 Å². The fraction of sp³-hybridized carbons (Fsp3) is 0. The van der Waals surface area contributed by atoms with Crippen molar-refractivity contribution < 1.29 is 62.9 Å². The molecule has 0 aromatic carbocycles. The molecule has 0 spiro atoms. The molecule has 0 rings (SSSR count). The Morgan fingerprint density at radius 3 is 1.33 bits per heavy atom. The summed E-state index contributed by atoms with van der Waals surface area (Å²) in [6.07, 6.45) is 0. The maximum atomic E-state index is 8.48. The molecule has 0 atom stereocenters. The van der Waals surface area contributed by atoms with E-state index in [-0.39, 0.29) is 48.6 Å². The monoisotopic (exact) mass is 276 g/mol. The van der Waals surface area contributed by atoms with Crippen LogP contribution in [0.3, 0.4) is 0 Å². The zero-order chi connectivity index (χ0) is 3.58. The number of hydrogen-bond donors (Lipinski definition) is 0. The van der Waals surface area contributed by atoms with Gasteiger partial charge in [0, 0.05) is 0 Å². The molecular formula is AgO3PZr+4. The third-order valence-corrected chi connectivity index (χ3v) is 0. The van der Waals surface area contributed by atoms with Crippen LogP contribution < -0.4 is 9.79 Å². The van der Waals surface area contributed by atoms with E-state index in [2.05, 4.69) is 0 Å². The van der Waals surface area contributed by atoms with Crippen molar-refractivity contribution in [3.8, 4) is 0 Å². The zero-order valence-corrected chi connectivity index (χ0v) is 7.31. The molecule has 0 aromatic rings. The molecule has 0 bridgehead atoms. The van der Waals surface area contributed by atoms with Gasteiger partial charge in [-0.15, -0.1) is 0 Å². The molecule has 6 heavy (non-hydrogen) atoms. The summed E-state index contributed by atoms with van der Waals surface area (Å²) < 4.78 is 8.48. The predicted molar refractivity (Wildman–Crippen MR) is 7.61 cm³/mol. The molecule has 0 heterocycles. The summed E-state index contributed by atoms with van der Waals surface area (Å²) in [4.78, 5) is 17.0. The second-order valence-corrected chi connectivity index (χ2v) is 0.671. The molecule has 0 radical (unpaired) electrons. The second-order valence-electron chi connectivity index (χ2n) is 0.224. The van der Waals surface area contributed by atoms with Crippen molar-refractivity contribution in [2.75, 3.05) is 0 Å². The molecule has 0 fully saturated rings. The van der Waals surface area contributed by atoms with Gasteiger partial charge < -0.3 is 9.79 Å². The summed E-state index contributed by atoms with van der Waals surface area (Å²) in [6.45, 7) is 0. The Bertz CT molecular complexity index is 33.8. The van der Waals surface area contributed by atoms with E-state index in [1.807, 2.05) is 0 Å². The summed E-state index contributed by atoms with van der Waals surface area (Å²) in [5.41, 5.74) is 0. The minimum Gasteiger partial charge on any atom is -0.598 e. The van der Waals surface area contributed by atoms with Gasteiger partial charge in [-0.25, -0.2) is 0 Å². The van der Waals surface area contributed by atoms with E-state index >= 15 is 0 Å². The van der Waals surface area contributed by atoms with Gasteiger partial charge in [-0.1, -0.05) is 4.57 Å². The first-order valence-electron chi connectivity index (χ1n) is 0.548. The van der Waals surface area contributed by atoms with E-state index in [1.54, 1.807) is 0 Å². The van der Waals surface area contributed by atoms with Crippen molar-refractivity contribution in [3.63, 3.8) is 0 Å². The van der Waals surface area contributed by atoms with E-state index in [4.69, 9.17) is 14.4 Å². The first kappa shape index (κ1) is 15.6. The zero-order valence-electron chi connectivity index (χ0n) is 2.47. The smallest absolute Gasteiger partial charge is 0.598 e. The molecule has 0 aliphatic carbocycles. The quantitative estimate of drug-likeness (QED) is 0.394. The van der Waals surface area contributed by atoms with E-state index in [9.17, 15) is 0 Å². The first-order chi connectivity index (χ1) is 1.73. The van der Waals surface area contributed by atoms with Crippen LogP contribution in [0, 0.1) is 0 Å². The molecule has 0 aromatic heterocycles. The molecule has 0 unspecified atom stereocenters. The Labute approximate surface area is 70.7 Å². The SMILES string of the molecule is O=[P+]([O-])[O-].[Ag+].[Zr+4]. The van der Waals surface area contributed by atoms with Crippen molar-refractivity contribution in [3.05, 3.63) is 0 Å². The van der Waals surface area contributed by atoms with Crippen molar-refractivity contribution in [2.45, 2.75) is 0 Å². The first-order valence-corrected chi connectivity index (χ1v) is 1.64. The fourth-order valence-electron chi connectivity index (χ4n) is 0. The Hall–Kier alpha value is 1.64. The minimum atomic E-state index is -3.37. The van der Waals surface area contributed by atoms with Crippen molar-refractivity contribution >= 4 is 8.25 Å². The fourth-order valence-corrected chi connectivity index (χ4v) is 0. The van der Waals surface area contributed by atoms with E-state index < -0.39 is 8.25 Å². The summed E-state index contributed by atoms with van der Waals surface area (Å²) in [5, 5.41) is 0. The predicted octanol–water partition coefficient (Wildman–Crippen LogP) is -1.64. The molecule has 0 amide bonds. The van der Waals surface area contributed by atoms with Crippen LogP contribution in [0.4, 0.5) is 0 Å². The van der Waals surface area contributed by atoms with Crippen LogP contribution in [-0.4, -0.2) is 0 Å². The number of hydrogen-bond acceptors (Lipinski definition) is 3. The van der Waals surface area contributed by atoms with Crippen molar-refractivity contribution in [2.24, 2.45) is 0 Å². The Morgan fingerprint density at radius 2 is 1.33 bits per heavy atom. The van der Waals surface area contributed by atoms with Gasteiger partial charge in [0.05, 0.1) is 0 Å². The topological polar surface area (TPSA) is 63.2 Å². The van der Waals surface area contributed by atoms with Crippen LogP contribution in [0.15, 0.2) is 0 Å². The summed E-state index contributed by atoms with van der Waals surface area (Å²) in [6, 6.07) is 0. The van der Waals surface area contributed by atoms with Crippen LogP contribution in [0.25, 0.3) is 0 Å². The minimum absolute atomic E-state index is 0. The molecule has 6 heteroatoms. The Balaban J connectivity index is -0.0000000450. The van der Waals surface area contributed by atoms with Crippen LogP contribution in [0.5, 0.6) is 0 Å². The molecule has 0 aliphatic rings. The standard InChI is InChI=1S/Ag.HO3P.Zr/c;1-4(2)3;/h;(H,1,2,3);/q+1;;+4/p-1. The maximum absolute atomic E-state index is 8.48. The average Bonchev–Trinajstić information content (AvgIpc) is 0.811. The van der Waals surface area contributed by atoms with Gasteiger partial charge in [-0.2, -0.15) is 0 Å².